The van der Waals surface area contributed by atoms with E-state index in [9.17, 15) is 10.1 Å². The van der Waals surface area contributed by atoms with Gasteiger partial charge in [0.15, 0.2) is 0 Å². The number of pyridine rings is 1. The zero-order valence-corrected chi connectivity index (χ0v) is 10.7. The fourth-order valence-corrected chi connectivity index (χ4v) is 2.13. The van der Waals surface area contributed by atoms with Crippen LogP contribution in [0.4, 0.5) is 17.3 Å². The van der Waals surface area contributed by atoms with Crippen molar-refractivity contribution in [1.82, 2.24) is 4.98 Å². The van der Waals surface area contributed by atoms with E-state index in [0.717, 1.165) is 31.7 Å². The van der Waals surface area contributed by atoms with Gasteiger partial charge in [-0.25, -0.2) is 4.98 Å². The van der Waals surface area contributed by atoms with Gasteiger partial charge in [0.25, 0.3) is 0 Å². The summed E-state index contributed by atoms with van der Waals surface area (Å²) in [6.45, 7) is 6.33. The van der Waals surface area contributed by atoms with Crippen LogP contribution in [0.15, 0.2) is 12.1 Å². The number of aromatic nitrogens is 1. The Hall–Kier alpha value is -1.85. The largest absolute Gasteiger partial charge is 0.378 e. The molecule has 1 aliphatic heterocycles. The van der Waals surface area contributed by atoms with Crippen LogP contribution < -0.4 is 10.6 Å². The molecule has 0 spiro atoms. The monoisotopic (exact) mass is 250 g/mol. The predicted octanol–water partition coefficient (Wildman–Crippen LogP) is 2.20. The number of nitrogens with zero attached hydrogens (tertiary/aromatic N) is 3. The minimum atomic E-state index is -0.509. The van der Waals surface area contributed by atoms with Crippen LogP contribution in [0.5, 0.6) is 0 Å². The van der Waals surface area contributed by atoms with Gasteiger partial charge in [-0.15, -0.1) is 0 Å². The average Bonchev–Trinajstić information content (AvgIpc) is 2.28. The molecule has 1 aliphatic rings. The van der Waals surface area contributed by atoms with Crippen molar-refractivity contribution in [3.8, 4) is 0 Å². The van der Waals surface area contributed by atoms with Crippen LogP contribution >= 0.6 is 0 Å². The minimum absolute atomic E-state index is 0.0117. The minimum Gasteiger partial charge on any atom is -0.378 e. The number of hydrogen-bond acceptors (Lipinski definition) is 5. The molecule has 18 heavy (non-hydrogen) atoms. The normalized spacial score (nSPS) is 18.7. The van der Waals surface area contributed by atoms with Crippen molar-refractivity contribution in [2.45, 2.75) is 26.7 Å². The van der Waals surface area contributed by atoms with Gasteiger partial charge in [-0.2, -0.15) is 0 Å². The molecule has 0 aliphatic carbocycles. The number of rotatable bonds is 2. The van der Waals surface area contributed by atoms with Gasteiger partial charge in [0.05, 0.1) is 4.92 Å². The average molecular weight is 250 g/mol. The summed E-state index contributed by atoms with van der Waals surface area (Å²) in [5.74, 6) is 0.718. The molecule has 1 aromatic heterocycles. The highest BCUT2D eigenvalue weighted by Crippen LogP contribution is 2.32. The number of nitrogens with two attached hydrogens (primary N) is 1. The molecular weight excluding hydrogens is 232 g/mol. The van der Waals surface area contributed by atoms with E-state index in [1.165, 1.54) is 6.07 Å². The van der Waals surface area contributed by atoms with E-state index in [4.69, 9.17) is 5.73 Å². The molecule has 2 N–H and O–H groups in total. The Bertz CT molecular complexity index is 463. The maximum absolute atomic E-state index is 10.7. The molecule has 0 amide bonds. The summed E-state index contributed by atoms with van der Waals surface area (Å²) < 4.78 is 0. The molecule has 2 rings (SSSR count). The Balaban J connectivity index is 2.16. The first-order valence-corrected chi connectivity index (χ1v) is 6.05. The van der Waals surface area contributed by atoms with Crippen molar-refractivity contribution in [3.05, 3.63) is 22.2 Å². The van der Waals surface area contributed by atoms with Crippen LogP contribution in [0.25, 0.3) is 0 Å². The lowest BCUT2D eigenvalue weighted by Gasteiger charge is -2.37. The molecule has 0 atom stereocenters. The molecular formula is C12H18N4O2. The molecule has 6 heteroatoms. The lowest BCUT2D eigenvalue weighted by atomic mass is 9.83. The molecule has 0 saturated carbocycles. The standard InChI is InChI=1S/C12H18N4O2/c1-12(2)5-7-15(8-6-12)10-4-3-9(16(17)18)11(13)14-10/h3-4H,5-8H2,1-2H3,(H2,13,14). The van der Waals surface area contributed by atoms with Crippen LogP contribution in [-0.4, -0.2) is 23.0 Å². The molecule has 1 saturated heterocycles. The Morgan fingerprint density at radius 2 is 2.00 bits per heavy atom. The lowest BCUT2D eigenvalue weighted by Crippen LogP contribution is -2.37. The van der Waals surface area contributed by atoms with E-state index >= 15 is 0 Å². The van der Waals surface area contributed by atoms with E-state index in [-0.39, 0.29) is 11.5 Å². The van der Waals surface area contributed by atoms with Crippen LogP contribution in [0.2, 0.25) is 0 Å². The third-order valence-electron chi connectivity index (χ3n) is 3.53. The van der Waals surface area contributed by atoms with Gasteiger partial charge in [0.1, 0.15) is 5.82 Å². The maximum Gasteiger partial charge on any atom is 0.311 e. The van der Waals surface area contributed by atoms with Crippen LogP contribution in [-0.2, 0) is 0 Å². The molecule has 1 fully saturated rings. The second-order valence-electron chi connectivity index (χ2n) is 5.48. The highest BCUT2D eigenvalue weighted by Gasteiger charge is 2.26. The fraction of sp³-hybridized carbons (Fsp3) is 0.583. The first-order valence-electron chi connectivity index (χ1n) is 6.05. The predicted molar refractivity (Wildman–Crippen MR) is 70.5 cm³/mol. The van der Waals surface area contributed by atoms with E-state index in [2.05, 4.69) is 23.7 Å². The van der Waals surface area contributed by atoms with Crippen LogP contribution in [0.3, 0.4) is 0 Å². The molecule has 0 radical (unpaired) electrons. The van der Waals surface area contributed by atoms with Gasteiger partial charge in [-0.3, -0.25) is 10.1 Å². The van der Waals surface area contributed by atoms with Crippen molar-refractivity contribution in [3.63, 3.8) is 0 Å². The zero-order chi connectivity index (χ0) is 13.3. The second kappa shape index (κ2) is 4.44. The summed E-state index contributed by atoms with van der Waals surface area (Å²) in [5, 5.41) is 10.7. The summed E-state index contributed by atoms with van der Waals surface area (Å²) in [7, 11) is 0. The number of nitrogen functional groups attached to an aromatic ring is 1. The van der Waals surface area contributed by atoms with Crippen LogP contribution in [0.1, 0.15) is 26.7 Å². The van der Waals surface area contributed by atoms with Crippen LogP contribution in [0, 0.1) is 15.5 Å². The first-order chi connectivity index (χ1) is 8.39. The number of anilines is 2. The summed E-state index contributed by atoms with van der Waals surface area (Å²) in [6, 6.07) is 3.10. The lowest BCUT2D eigenvalue weighted by molar-refractivity contribution is -0.384. The van der Waals surface area contributed by atoms with Crippen molar-refractivity contribution in [2.24, 2.45) is 5.41 Å². The van der Waals surface area contributed by atoms with Crippen molar-refractivity contribution >= 4 is 17.3 Å². The van der Waals surface area contributed by atoms with Crippen molar-refractivity contribution in [2.75, 3.05) is 23.7 Å². The molecule has 98 valence electrons. The zero-order valence-electron chi connectivity index (χ0n) is 10.7. The Kier molecular flexibility index (Phi) is 3.11. The van der Waals surface area contributed by atoms with Gasteiger partial charge >= 0.3 is 5.69 Å². The first kappa shape index (κ1) is 12.6. The Labute approximate surface area is 106 Å². The number of piperidine rings is 1. The fourth-order valence-electron chi connectivity index (χ4n) is 2.13. The van der Waals surface area contributed by atoms with Crippen molar-refractivity contribution in [1.29, 1.82) is 0 Å². The van der Waals surface area contributed by atoms with Gasteiger partial charge in [-0.1, -0.05) is 13.8 Å². The van der Waals surface area contributed by atoms with Gasteiger partial charge in [-0.05, 0) is 24.3 Å². The topological polar surface area (TPSA) is 85.3 Å². The summed E-state index contributed by atoms with van der Waals surface area (Å²) >= 11 is 0. The quantitative estimate of drug-likeness (QED) is 0.642. The third-order valence-corrected chi connectivity index (χ3v) is 3.53. The summed E-state index contributed by atoms with van der Waals surface area (Å²) in [6.07, 6.45) is 2.18. The van der Waals surface area contributed by atoms with E-state index < -0.39 is 4.92 Å². The molecule has 0 bridgehead atoms. The number of nitro groups is 1. The molecule has 1 aromatic rings. The molecule has 6 nitrogen and oxygen atoms in total. The third kappa shape index (κ3) is 2.52. The van der Waals surface area contributed by atoms with Gasteiger partial charge < -0.3 is 10.6 Å². The summed E-state index contributed by atoms with van der Waals surface area (Å²) in [4.78, 5) is 16.4. The molecule has 0 unspecified atom stereocenters. The van der Waals surface area contributed by atoms with E-state index in [1.54, 1.807) is 6.07 Å². The molecule has 0 aromatic carbocycles. The van der Waals surface area contributed by atoms with Gasteiger partial charge in [0.2, 0.25) is 5.82 Å². The SMILES string of the molecule is CC1(C)CCN(c2ccc([N+](=O)[O-])c(N)n2)CC1. The van der Waals surface area contributed by atoms with Crippen molar-refractivity contribution < 1.29 is 4.92 Å². The Morgan fingerprint density at radius 1 is 1.39 bits per heavy atom. The summed E-state index contributed by atoms with van der Waals surface area (Å²) in [5.41, 5.74) is 5.84. The second-order valence-corrected chi connectivity index (χ2v) is 5.48. The van der Waals surface area contributed by atoms with E-state index in [1.807, 2.05) is 0 Å². The van der Waals surface area contributed by atoms with Gasteiger partial charge in [0, 0.05) is 19.2 Å². The Morgan fingerprint density at radius 3 is 2.50 bits per heavy atom. The molecule has 2 heterocycles. The number of hydrogen-bond donors (Lipinski definition) is 1. The maximum atomic E-state index is 10.7. The highest BCUT2D eigenvalue weighted by atomic mass is 16.6. The van der Waals surface area contributed by atoms with E-state index in [0.29, 0.717) is 5.41 Å². The highest BCUT2D eigenvalue weighted by molar-refractivity contribution is 5.58. The smallest absolute Gasteiger partial charge is 0.311 e.